The number of sulfonamides is 1. The van der Waals surface area contributed by atoms with E-state index in [0.717, 1.165) is 12.8 Å². The molecular formula is C24H30NO6PS. The van der Waals surface area contributed by atoms with Gasteiger partial charge in [0, 0.05) is 11.1 Å². The lowest BCUT2D eigenvalue weighted by molar-refractivity contribution is 0.104. The van der Waals surface area contributed by atoms with Crippen molar-refractivity contribution in [2.75, 3.05) is 13.2 Å². The summed E-state index contributed by atoms with van der Waals surface area (Å²) in [5, 5.41) is -1.90. The van der Waals surface area contributed by atoms with Crippen LogP contribution in [0.3, 0.4) is 0 Å². The fourth-order valence-electron chi connectivity index (χ4n) is 3.55. The molecule has 3 rings (SSSR count). The molecule has 178 valence electrons. The first-order valence-corrected chi connectivity index (χ1v) is 14.1. The summed E-state index contributed by atoms with van der Waals surface area (Å²) in [6.07, 6.45) is 5.37. The van der Waals surface area contributed by atoms with E-state index in [1.54, 1.807) is 42.5 Å². The number of nitrogens with one attached hydrogen (secondary N) is 1. The van der Waals surface area contributed by atoms with Crippen LogP contribution in [-0.4, -0.2) is 27.4 Å². The molecule has 2 aromatic rings. The maximum absolute atomic E-state index is 14.5. The molecule has 2 aromatic carbocycles. The molecule has 0 fully saturated rings. The average molecular weight is 492 g/mol. The van der Waals surface area contributed by atoms with Crippen LogP contribution in [0.15, 0.2) is 71.6 Å². The molecule has 0 bridgehead atoms. The largest absolute Gasteiger partial charge is 0.360 e. The standard InChI is InChI=1S/C24H30NO6PS/c1-3-5-18-30-32(27,31-19-6-4-2)24(25-33(28,29)20-12-8-7-9-13-20)17-16-23(26)21-14-10-11-15-22(21)24/h7-17,25H,3-6,18-19H2,1-2H3/t24-/m1/s1. The molecule has 0 heterocycles. The third-order valence-electron chi connectivity index (χ3n) is 5.37. The maximum Gasteiger partial charge on any atom is 0.360 e. The second-order valence-corrected chi connectivity index (χ2v) is 11.7. The highest BCUT2D eigenvalue weighted by Gasteiger charge is 2.56. The third kappa shape index (κ3) is 5.36. The van der Waals surface area contributed by atoms with E-state index >= 15 is 0 Å². The van der Waals surface area contributed by atoms with Gasteiger partial charge in [-0.25, -0.2) is 8.42 Å². The lowest BCUT2D eigenvalue weighted by atomic mass is 9.92. The van der Waals surface area contributed by atoms with Crippen molar-refractivity contribution in [1.29, 1.82) is 0 Å². The van der Waals surface area contributed by atoms with Gasteiger partial charge in [-0.05, 0) is 37.1 Å². The number of carbonyl (C=O) groups excluding carboxylic acids is 1. The molecule has 1 aliphatic carbocycles. The lowest BCUT2D eigenvalue weighted by Gasteiger charge is -2.40. The van der Waals surface area contributed by atoms with Gasteiger partial charge in [-0.3, -0.25) is 9.36 Å². The van der Waals surface area contributed by atoms with Crippen LogP contribution in [0, 0.1) is 0 Å². The number of rotatable bonds is 12. The fourth-order valence-corrected chi connectivity index (χ4v) is 7.55. The van der Waals surface area contributed by atoms with Crippen molar-refractivity contribution in [3.8, 4) is 0 Å². The number of allylic oxidation sites excluding steroid dienone is 1. The van der Waals surface area contributed by atoms with Gasteiger partial charge in [0.2, 0.25) is 10.0 Å². The molecule has 0 aliphatic heterocycles. The second kappa shape index (κ2) is 10.9. The average Bonchev–Trinajstić information content (AvgIpc) is 2.82. The van der Waals surface area contributed by atoms with Gasteiger partial charge in [0.25, 0.3) is 0 Å². The number of hydrogen-bond acceptors (Lipinski definition) is 6. The fraction of sp³-hybridized carbons (Fsp3) is 0.375. The molecule has 0 unspecified atom stereocenters. The van der Waals surface area contributed by atoms with Crippen LogP contribution >= 0.6 is 7.60 Å². The number of unbranched alkanes of at least 4 members (excludes halogenated alkanes) is 2. The number of benzene rings is 2. The maximum atomic E-state index is 14.5. The Morgan fingerprint density at radius 3 is 2.09 bits per heavy atom. The van der Waals surface area contributed by atoms with E-state index in [0.29, 0.717) is 12.8 Å². The molecule has 9 heteroatoms. The van der Waals surface area contributed by atoms with Crippen LogP contribution in [0.4, 0.5) is 0 Å². The Kier molecular flexibility index (Phi) is 8.43. The summed E-state index contributed by atoms with van der Waals surface area (Å²) in [4.78, 5) is 12.6. The Morgan fingerprint density at radius 2 is 1.48 bits per heavy atom. The van der Waals surface area contributed by atoms with Crippen LogP contribution in [0.2, 0.25) is 0 Å². The van der Waals surface area contributed by atoms with E-state index in [9.17, 15) is 17.8 Å². The highest BCUT2D eigenvalue weighted by molar-refractivity contribution is 7.90. The number of carbonyl (C=O) groups is 1. The zero-order chi connectivity index (χ0) is 24.0. The Morgan fingerprint density at radius 1 is 0.909 bits per heavy atom. The van der Waals surface area contributed by atoms with Gasteiger partial charge in [-0.15, -0.1) is 0 Å². The smallest absolute Gasteiger partial charge is 0.307 e. The van der Waals surface area contributed by atoms with E-state index in [1.165, 1.54) is 24.3 Å². The summed E-state index contributed by atoms with van der Waals surface area (Å²) < 4.78 is 55.7. The van der Waals surface area contributed by atoms with Crippen LogP contribution in [0.5, 0.6) is 0 Å². The second-order valence-electron chi connectivity index (χ2n) is 7.80. The zero-order valence-corrected chi connectivity index (χ0v) is 20.6. The summed E-state index contributed by atoms with van der Waals surface area (Å²) in [5.74, 6) is -0.311. The molecule has 7 nitrogen and oxygen atoms in total. The summed E-state index contributed by atoms with van der Waals surface area (Å²) >= 11 is 0. The first kappa shape index (κ1) is 25.5. The van der Waals surface area contributed by atoms with E-state index in [1.807, 2.05) is 13.8 Å². The van der Waals surface area contributed by atoms with Crippen molar-refractivity contribution in [2.24, 2.45) is 0 Å². The van der Waals surface area contributed by atoms with Crippen molar-refractivity contribution in [2.45, 2.75) is 49.7 Å². The Labute approximate surface area is 195 Å². The lowest BCUT2D eigenvalue weighted by Crippen LogP contribution is -2.47. The summed E-state index contributed by atoms with van der Waals surface area (Å²) in [5.41, 5.74) is 0.488. The summed E-state index contributed by atoms with van der Waals surface area (Å²) in [7, 11) is -8.36. The molecule has 0 saturated heterocycles. The SMILES string of the molecule is CCCCOP(=O)(OCCCC)[C@]1(NS(=O)(=O)c2ccccc2)C=CC(=O)c2ccccc21. The minimum Gasteiger partial charge on any atom is -0.307 e. The molecule has 33 heavy (non-hydrogen) atoms. The van der Waals surface area contributed by atoms with E-state index < -0.39 is 22.9 Å². The Hall–Kier alpha value is -2.09. The van der Waals surface area contributed by atoms with Gasteiger partial charge in [0.1, 0.15) is 0 Å². The van der Waals surface area contributed by atoms with Crippen molar-refractivity contribution in [3.63, 3.8) is 0 Å². The highest BCUT2D eigenvalue weighted by Crippen LogP contribution is 2.66. The van der Waals surface area contributed by atoms with Crippen LogP contribution in [0.25, 0.3) is 0 Å². The summed E-state index contributed by atoms with van der Waals surface area (Å²) in [6.45, 7) is 4.18. The Bertz CT molecular complexity index is 1130. The van der Waals surface area contributed by atoms with E-state index in [4.69, 9.17) is 9.05 Å². The number of hydrogen-bond donors (Lipinski definition) is 1. The van der Waals surface area contributed by atoms with Crippen molar-refractivity contribution < 1.29 is 26.8 Å². The van der Waals surface area contributed by atoms with Gasteiger partial charge >= 0.3 is 7.60 Å². The van der Waals surface area contributed by atoms with E-state index in [2.05, 4.69) is 4.72 Å². The van der Waals surface area contributed by atoms with Crippen LogP contribution in [-0.2, 0) is 28.9 Å². The van der Waals surface area contributed by atoms with Crippen molar-refractivity contribution >= 4 is 23.4 Å². The molecular weight excluding hydrogens is 461 g/mol. The molecule has 0 radical (unpaired) electrons. The normalized spacial score (nSPS) is 18.3. The topological polar surface area (TPSA) is 98.8 Å². The van der Waals surface area contributed by atoms with Gasteiger partial charge in [0.05, 0.1) is 18.1 Å². The minimum absolute atomic E-state index is 0.000762. The molecule has 1 N–H and O–H groups in total. The number of ketones is 1. The van der Waals surface area contributed by atoms with E-state index in [-0.39, 0.29) is 35.0 Å². The quantitative estimate of drug-likeness (QED) is 0.315. The first-order chi connectivity index (χ1) is 15.8. The molecule has 0 spiro atoms. The molecule has 1 atom stereocenters. The predicted molar refractivity (Wildman–Crippen MR) is 128 cm³/mol. The third-order valence-corrected chi connectivity index (χ3v) is 9.42. The number of fused-ring (bicyclic) bond motifs is 1. The van der Waals surface area contributed by atoms with Crippen LogP contribution in [0.1, 0.15) is 55.5 Å². The van der Waals surface area contributed by atoms with Gasteiger partial charge in [0.15, 0.2) is 11.1 Å². The van der Waals surface area contributed by atoms with Gasteiger partial charge in [-0.1, -0.05) is 69.2 Å². The predicted octanol–water partition coefficient (Wildman–Crippen LogP) is 5.40. The highest BCUT2D eigenvalue weighted by atomic mass is 32.2. The van der Waals surface area contributed by atoms with Gasteiger partial charge in [-0.2, -0.15) is 4.72 Å². The van der Waals surface area contributed by atoms with Gasteiger partial charge < -0.3 is 9.05 Å². The zero-order valence-electron chi connectivity index (χ0n) is 18.9. The Balaban J connectivity index is 2.21. The molecule has 0 saturated carbocycles. The van der Waals surface area contributed by atoms with Crippen molar-refractivity contribution in [1.82, 2.24) is 4.72 Å². The minimum atomic E-state index is -4.19. The monoisotopic (exact) mass is 491 g/mol. The summed E-state index contributed by atoms with van der Waals surface area (Å²) in [6, 6.07) is 14.3. The van der Waals surface area contributed by atoms with Crippen LogP contribution < -0.4 is 4.72 Å². The molecule has 0 amide bonds. The molecule has 1 aliphatic rings. The van der Waals surface area contributed by atoms with Crippen molar-refractivity contribution in [3.05, 3.63) is 77.9 Å². The molecule has 0 aromatic heterocycles. The first-order valence-electron chi connectivity index (χ1n) is 11.1.